The predicted octanol–water partition coefficient (Wildman–Crippen LogP) is 3.98. The summed E-state index contributed by atoms with van der Waals surface area (Å²) in [6, 6.07) is 11.0. The van der Waals surface area contributed by atoms with Gasteiger partial charge in [0.25, 0.3) is 5.91 Å². The third-order valence-electron chi connectivity index (χ3n) is 5.72. The van der Waals surface area contributed by atoms with Crippen LogP contribution in [0.25, 0.3) is 11.0 Å². The fraction of sp³-hybridized carbons (Fsp3) is 0.333. The molecule has 9 heteroatoms. The van der Waals surface area contributed by atoms with E-state index in [0.717, 1.165) is 11.6 Å². The first-order chi connectivity index (χ1) is 15.7. The van der Waals surface area contributed by atoms with Gasteiger partial charge in [0, 0.05) is 23.7 Å². The van der Waals surface area contributed by atoms with Crippen LogP contribution in [-0.2, 0) is 16.4 Å². The van der Waals surface area contributed by atoms with Crippen LogP contribution in [0.4, 0.5) is 0 Å². The molecule has 3 aromatic rings. The van der Waals surface area contributed by atoms with Crippen LogP contribution < -0.4 is 10.2 Å². The number of rotatable bonds is 6. The molecule has 1 amide bonds. The molecule has 33 heavy (non-hydrogen) atoms. The lowest BCUT2D eigenvalue weighted by atomic mass is 10.1. The monoisotopic (exact) mass is 489 g/mol. The van der Waals surface area contributed by atoms with E-state index in [1.165, 1.54) is 11.0 Å². The van der Waals surface area contributed by atoms with E-state index in [9.17, 15) is 18.0 Å². The number of carbonyl (C=O) groups is 1. The van der Waals surface area contributed by atoms with Crippen LogP contribution in [0.3, 0.4) is 0 Å². The summed E-state index contributed by atoms with van der Waals surface area (Å²) in [4.78, 5) is 27.7. The molecule has 1 aliphatic heterocycles. The molecule has 1 aliphatic rings. The van der Waals surface area contributed by atoms with E-state index in [0.29, 0.717) is 29.4 Å². The second-order valence-electron chi connectivity index (χ2n) is 8.14. The van der Waals surface area contributed by atoms with Crippen LogP contribution in [0.5, 0.6) is 5.75 Å². The van der Waals surface area contributed by atoms with Crippen LogP contribution in [0.1, 0.15) is 35.0 Å². The summed E-state index contributed by atoms with van der Waals surface area (Å²) < 4.78 is 35.5. The van der Waals surface area contributed by atoms with Crippen molar-refractivity contribution in [3.8, 4) is 5.75 Å². The molecule has 0 aliphatic carbocycles. The first kappa shape index (κ1) is 23.3. The minimum Gasteiger partial charge on any atom is -0.494 e. The number of amides is 1. The Morgan fingerprint density at radius 3 is 2.58 bits per heavy atom. The minimum atomic E-state index is -3.24. The van der Waals surface area contributed by atoms with Crippen LogP contribution in [-0.4, -0.2) is 43.4 Å². The Hall–Kier alpha value is -2.84. The molecule has 2 heterocycles. The molecule has 2 aromatic carbocycles. The van der Waals surface area contributed by atoms with Crippen molar-refractivity contribution in [2.45, 2.75) is 32.9 Å². The van der Waals surface area contributed by atoms with Gasteiger partial charge in [-0.05, 0) is 55.7 Å². The van der Waals surface area contributed by atoms with Gasteiger partial charge in [-0.25, -0.2) is 8.42 Å². The van der Waals surface area contributed by atoms with Gasteiger partial charge < -0.3 is 14.1 Å². The van der Waals surface area contributed by atoms with E-state index >= 15 is 0 Å². The Morgan fingerprint density at radius 1 is 1.21 bits per heavy atom. The zero-order chi connectivity index (χ0) is 23.8. The Bertz CT molecular complexity index is 1360. The third kappa shape index (κ3) is 5.07. The predicted molar refractivity (Wildman–Crippen MR) is 127 cm³/mol. The standard InChI is InChI=1S/C24H24ClNO6S/c1-3-31-18-6-4-16(5-7-18)13-26(17-8-9-33(29,30)14-17)24(28)23-12-21(27)19-11-20(25)15(2)10-22(19)32-23/h4-7,10-12,17H,3,8-9,13-14H2,1-2H3/t17-/m0/s1. The van der Waals surface area contributed by atoms with Gasteiger partial charge in [-0.2, -0.15) is 0 Å². The van der Waals surface area contributed by atoms with E-state index in [-0.39, 0.29) is 40.2 Å². The molecule has 1 saturated heterocycles. The number of benzene rings is 2. The lowest BCUT2D eigenvalue weighted by molar-refractivity contribution is 0.0648. The summed E-state index contributed by atoms with van der Waals surface area (Å²) in [5.74, 6) is -0.0639. The quantitative estimate of drug-likeness (QED) is 0.519. The molecule has 7 nitrogen and oxygen atoms in total. The molecular formula is C24H24ClNO6S. The molecule has 0 radical (unpaired) electrons. The number of carbonyl (C=O) groups excluding carboxylic acids is 1. The number of nitrogens with zero attached hydrogens (tertiary/aromatic N) is 1. The maximum Gasteiger partial charge on any atom is 0.290 e. The van der Waals surface area contributed by atoms with Gasteiger partial charge in [-0.3, -0.25) is 9.59 Å². The molecule has 1 atom stereocenters. The fourth-order valence-electron chi connectivity index (χ4n) is 3.97. The molecule has 174 valence electrons. The average molecular weight is 490 g/mol. The summed E-state index contributed by atoms with van der Waals surface area (Å²) in [5.41, 5.74) is 1.39. The first-order valence-corrected chi connectivity index (χ1v) is 12.8. The zero-order valence-corrected chi connectivity index (χ0v) is 19.9. The van der Waals surface area contributed by atoms with Gasteiger partial charge in [0.1, 0.15) is 11.3 Å². The second-order valence-corrected chi connectivity index (χ2v) is 10.8. The lowest BCUT2D eigenvalue weighted by Gasteiger charge is -2.28. The number of ether oxygens (including phenoxy) is 1. The van der Waals surface area contributed by atoms with Crippen molar-refractivity contribution >= 4 is 38.3 Å². The number of sulfone groups is 1. The molecule has 4 rings (SSSR count). The number of hydrogen-bond acceptors (Lipinski definition) is 6. The van der Waals surface area contributed by atoms with Crippen molar-refractivity contribution < 1.29 is 22.4 Å². The third-order valence-corrected chi connectivity index (χ3v) is 7.87. The van der Waals surface area contributed by atoms with Gasteiger partial charge in [-0.15, -0.1) is 0 Å². The molecule has 0 N–H and O–H groups in total. The minimum absolute atomic E-state index is 0.0179. The molecular weight excluding hydrogens is 466 g/mol. The van der Waals surface area contributed by atoms with Crippen LogP contribution in [0.15, 0.2) is 51.7 Å². The highest BCUT2D eigenvalue weighted by molar-refractivity contribution is 7.91. The van der Waals surface area contributed by atoms with Crippen molar-refractivity contribution in [2.75, 3.05) is 18.1 Å². The van der Waals surface area contributed by atoms with Gasteiger partial charge in [0.05, 0.1) is 23.5 Å². The molecule has 0 saturated carbocycles. The number of halogens is 1. The summed E-state index contributed by atoms with van der Waals surface area (Å²) in [7, 11) is -3.24. The summed E-state index contributed by atoms with van der Waals surface area (Å²) in [6.07, 6.45) is 0.331. The molecule has 1 aromatic heterocycles. The zero-order valence-electron chi connectivity index (χ0n) is 18.3. The fourth-order valence-corrected chi connectivity index (χ4v) is 5.86. The Balaban J connectivity index is 1.71. The molecule has 0 unspecified atom stereocenters. The SMILES string of the molecule is CCOc1ccc(CN(C(=O)c2cc(=O)c3cc(Cl)c(C)cc3o2)[C@H]2CCS(=O)(=O)C2)cc1. The summed E-state index contributed by atoms with van der Waals surface area (Å²) in [5, 5.41) is 0.714. The van der Waals surface area contributed by atoms with Gasteiger partial charge in [0.15, 0.2) is 21.0 Å². The number of aryl methyl sites for hydroxylation is 1. The van der Waals surface area contributed by atoms with Gasteiger partial charge in [-0.1, -0.05) is 23.7 Å². The van der Waals surface area contributed by atoms with Crippen LogP contribution >= 0.6 is 11.6 Å². The molecule has 0 spiro atoms. The average Bonchev–Trinajstić information content (AvgIpc) is 3.13. The molecule has 1 fully saturated rings. The van der Waals surface area contributed by atoms with E-state index < -0.39 is 21.8 Å². The molecule has 0 bridgehead atoms. The van der Waals surface area contributed by atoms with Crippen LogP contribution in [0.2, 0.25) is 5.02 Å². The van der Waals surface area contributed by atoms with E-state index in [1.54, 1.807) is 25.1 Å². The van der Waals surface area contributed by atoms with Crippen molar-refractivity contribution in [3.05, 3.63) is 74.6 Å². The first-order valence-electron chi connectivity index (χ1n) is 10.6. The van der Waals surface area contributed by atoms with Crippen molar-refractivity contribution in [1.29, 1.82) is 0 Å². The van der Waals surface area contributed by atoms with Crippen molar-refractivity contribution in [3.63, 3.8) is 0 Å². The Labute approximate surface area is 196 Å². The Morgan fingerprint density at radius 2 is 1.94 bits per heavy atom. The Kier molecular flexibility index (Phi) is 6.50. The van der Waals surface area contributed by atoms with E-state index in [1.807, 2.05) is 19.1 Å². The maximum atomic E-state index is 13.5. The second kappa shape index (κ2) is 9.19. The highest BCUT2D eigenvalue weighted by Crippen LogP contribution is 2.26. The van der Waals surface area contributed by atoms with Gasteiger partial charge >= 0.3 is 0 Å². The topological polar surface area (TPSA) is 93.9 Å². The smallest absolute Gasteiger partial charge is 0.290 e. The maximum absolute atomic E-state index is 13.5. The van der Waals surface area contributed by atoms with Crippen molar-refractivity contribution in [2.24, 2.45) is 0 Å². The normalized spacial score (nSPS) is 17.2. The van der Waals surface area contributed by atoms with Crippen molar-refractivity contribution in [1.82, 2.24) is 4.90 Å². The van der Waals surface area contributed by atoms with Crippen LogP contribution in [0, 0.1) is 6.92 Å². The van der Waals surface area contributed by atoms with Gasteiger partial charge in [0.2, 0.25) is 0 Å². The van der Waals surface area contributed by atoms with E-state index in [2.05, 4.69) is 0 Å². The number of fused-ring (bicyclic) bond motifs is 1. The summed E-state index contributed by atoms with van der Waals surface area (Å²) >= 11 is 6.12. The largest absolute Gasteiger partial charge is 0.494 e. The highest BCUT2D eigenvalue weighted by Gasteiger charge is 2.36. The lowest BCUT2D eigenvalue weighted by Crippen LogP contribution is -2.40. The van der Waals surface area contributed by atoms with E-state index in [4.69, 9.17) is 20.8 Å². The summed E-state index contributed by atoms with van der Waals surface area (Å²) in [6.45, 7) is 4.38. The number of hydrogen-bond donors (Lipinski definition) is 0. The highest BCUT2D eigenvalue weighted by atomic mass is 35.5.